The van der Waals surface area contributed by atoms with Crippen LogP contribution in [0.5, 0.6) is 0 Å². The van der Waals surface area contributed by atoms with Crippen molar-refractivity contribution in [2.24, 2.45) is 0 Å². The summed E-state index contributed by atoms with van der Waals surface area (Å²) in [6.45, 7) is 9.53. The van der Waals surface area contributed by atoms with E-state index in [1.54, 1.807) is 0 Å². The molecule has 1 aromatic carbocycles. The van der Waals surface area contributed by atoms with E-state index >= 15 is 0 Å². The largest absolute Gasteiger partial charge is 0.316 e. The molecule has 1 heteroatoms. The van der Waals surface area contributed by atoms with Crippen LogP contribution in [0, 0.1) is 0 Å². The summed E-state index contributed by atoms with van der Waals surface area (Å²) in [5.74, 6) is 0. The molecule has 0 aliphatic carbocycles. The molecule has 0 saturated heterocycles. The lowest BCUT2D eigenvalue weighted by molar-refractivity contribution is 0.689. The molecule has 0 aromatic heterocycles. The van der Waals surface area contributed by atoms with Crippen molar-refractivity contribution in [2.75, 3.05) is 13.1 Å². The van der Waals surface area contributed by atoms with Gasteiger partial charge in [-0.25, -0.2) is 0 Å². The van der Waals surface area contributed by atoms with Gasteiger partial charge in [-0.3, -0.25) is 0 Å². The van der Waals surface area contributed by atoms with E-state index < -0.39 is 0 Å². The second kappa shape index (κ2) is 7.02. The highest BCUT2D eigenvalue weighted by Crippen LogP contribution is 2.09. The van der Waals surface area contributed by atoms with E-state index in [0.29, 0.717) is 0 Å². The molecule has 1 aromatic rings. The van der Waals surface area contributed by atoms with E-state index in [9.17, 15) is 0 Å². The third kappa shape index (κ3) is 4.13. The van der Waals surface area contributed by atoms with E-state index in [1.807, 2.05) is 18.2 Å². The molecule has 0 spiro atoms. The number of rotatable bonds is 7. The summed E-state index contributed by atoms with van der Waals surface area (Å²) in [7, 11) is 0. The number of benzene rings is 1. The maximum atomic E-state index is 3.82. The van der Waals surface area contributed by atoms with Crippen molar-refractivity contribution in [3.8, 4) is 0 Å². The molecule has 0 atom stereocenters. The van der Waals surface area contributed by atoms with Gasteiger partial charge in [0.15, 0.2) is 0 Å². The van der Waals surface area contributed by atoms with Gasteiger partial charge in [-0.2, -0.15) is 0 Å². The second-order valence-electron chi connectivity index (χ2n) is 3.48. The smallest absolute Gasteiger partial charge is 0.000801 e. The van der Waals surface area contributed by atoms with Gasteiger partial charge in [0.1, 0.15) is 0 Å². The Bertz CT molecular complexity index is 315. The van der Waals surface area contributed by atoms with Crippen molar-refractivity contribution < 1.29 is 0 Å². The summed E-state index contributed by atoms with van der Waals surface area (Å²) in [5.41, 5.74) is 2.60. The first-order valence-corrected chi connectivity index (χ1v) is 5.40. The first-order chi connectivity index (χ1) is 7.38. The molecular formula is C14H19N. The molecule has 0 aliphatic heterocycles. The zero-order chi connectivity index (χ0) is 10.9. The van der Waals surface area contributed by atoms with Gasteiger partial charge in [-0.05, 0) is 37.1 Å². The molecule has 0 aliphatic rings. The minimum atomic E-state index is 1.01. The Morgan fingerprint density at radius 1 is 1.13 bits per heavy atom. The number of nitrogens with one attached hydrogen (secondary N) is 1. The fourth-order valence-corrected chi connectivity index (χ4v) is 1.51. The third-order valence-electron chi connectivity index (χ3n) is 2.37. The van der Waals surface area contributed by atoms with Gasteiger partial charge in [0.25, 0.3) is 0 Å². The first kappa shape index (κ1) is 11.7. The first-order valence-electron chi connectivity index (χ1n) is 5.40. The molecule has 0 saturated carbocycles. The zero-order valence-corrected chi connectivity index (χ0v) is 9.21. The number of hydrogen-bond donors (Lipinski definition) is 1. The van der Waals surface area contributed by atoms with Gasteiger partial charge < -0.3 is 5.32 Å². The Kier molecular flexibility index (Phi) is 5.49. The quantitative estimate of drug-likeness (QED) is 0.528. The van der Waals surface area contributed by atoms with Crippen LogP contribution in [0.4, 0.5) is 0 Å². The van der Waals surface area contributed by atoms with E-state index in [1.165, 1.54) is 11.1 Å². The van der Waals surface area contributed by atoms with E-state index in [-0.39, 0.29) is 0 Å². The summed E-state index contributed by atoms with van der Waals surface area (Å²) >= 11 is 0. The topological polar surface area (TPSA) is 12.0 Å². The highest BCUT2D eigenvalue weighted by atomic mass is 14.8. The third-order valence-corrected chi connectivity index (χ3v) is 2.37. The van der Waals surface area contributed by atoms with E-state index in [0.717, 1.165) is 25.9 Å². The summed E-state index contributed by atoms with van der Waals surface area (Å²) in [5, 5.41) is 3.38. The molecule has 0 amide bonds. The van der Waals surface area contributed by atoms with Crippen LogP contribution >= 0.6 is 0 Å². The van der Waals surface area contributed by atoms with Crippen LogP contribution in [0.25, 0.3) is 6.08 Å². The molecule has 1 rings (SSSR count). The molecular weight excluding hydrogens is 182 g/mol. The van der Waals surface area contributed by atoms with Crippen LogP contribution in [0.3, 0.4) is 0 Å². The lowest BCUT2D eigenvalue weighted by Crippen LogP contribution is -2.18. The Balaban J connectivity index is 2.36. The maximum absolute atomic E-state index is 3.82. The fourth-order valence-electron chi connectivity index (χ4n) is 1.51. The van der Waals surface area contributed by atoms with Crippen LogP contribution in [0.15, 0.2) is 43.5 Å². The second-order valence-corrected chi connectivity index (χ2v) is 3.48. The average Bonchev–Trinajstić information content (AvgIpc) is 2.29. The normalized spacial score (nSPS) is 9.87. The van der Waals surface area contributed by atoms with E-state index in [2.05, 4.69) is 36.7 Å². The average molecular weight is 201 g/mol. The molecule has 80 valence electrons. The van der Waals surface area contributed by atoms with Gasteiger partial charge in [0, 0.05) is 0 Å². The molecule has 0 unspecified atom stereocenters. The van der Waals surface area contributed by atoms with Crippen LogP contribution in [-0.2, 0) is 6.42 Å². The van der Waals surface area contributed by atoms with Crippen LogP contribution in [0.1, 0.15) is 17.5 Å². The summed E-state index contributed by atoms with van der Waals surface area (Å²) < 4.78 is 0. The van der Waals surface area contributed by atoms with Gasteiger partial charge in [-0.15, -0.1) is 6.58 Å². The summed E-state index contributed by atoms with van der Waals surface area (Å²) in [6.07, 6.45) is 5.94. The van der Waals surface area contributed by atoms with Crippen molar-refractivity contribution in [1.29, 1.82) is 0 Å². The standard InChI is InChI=1S/C14H19N/c1-3-5-11-15-12-10-14-9-7-6-8-13(14)4-2/h3-4,6-9,15H,1-2,5,10-12H2. The lowest BCUT2D eigenvalue weighted by Gasteiger charge is -2.06. The molecule has 0 radical (unpaired) electrons. The van der Waals surface area contributed by atoms with Gasteiger partial charge in [0.2, 0.25) is 0 Å². The van der Waals surface area contributed by atoms with Gasteiger partial charge in [0.05, 0.1) is 0 Å². The Labute approximate surface area is 92.5 Å². The highest BCUT2D eigenvalue weighted by molar-refractivity contribution is 5.51. The molecule has 1 nitrogen and oxygen atoms in total. The molecule has 0 bridgehead atoms. The predicted octanol–water partition coefficient (Wildman–Crippen LogP) is 3.04. The lowest BCUT2D eigenvalue weighted by atomic mass is 10.0. The van der Waals surface area contributed by atoms with Crippen LogP contribution < -0.4 is 5.32 Å². The van der Waals surface area contributed by atoms with Crippen molar-refractivity contribution in [1.82, 2.24) is 5.32 Å². The monoisotopic (exact) mass is 201 g/mol. The Morgan fingerprint density at radius 3 is 2.67 bits per heavy atom. The fraction of sp³-hybridized carbons (Fsp3) is 0.286. The van der Waals surface area contributed by atoms with Crippen molar-refractivity contribution in [3.63, 3.8) is 0 Å². The molecule has 15 heavy (non-hydrogen) atoms. The van der Waals surface area contributed by atoms with Gasteiger partial charge in [-0.1, -0.05) is 43.0 Å². The summed E-state index contributed by atoms with van der Waals surface area (Å²) in [4.78, 5) is 0. The van der Waals surface area contributed by atoms with Gasteiger partial charge >= 0.3 is 0 Å². The van der Waals surface area contributed by atoms with Crippen molar-refractivity contribution in [2.45, 2.75) is 12.8 Å². The van der Waals surface area contributed by atoms with Crippen molar-refractivity contribution in [3.05, 3.63) is 54.6 Å². The predicted molar refractivity (Wildman–Crippen MR) is 67.9 cm³/mol. The van der Waals surface area contributed by atoms with E-state index in [4.69, 9.17) is 0 Å². The Morgan fingerprint density at radius 2 is 1.93 bits per heavy atom. The zero-order valence-electron chi connectivity index (χ0n) is 9.21. The minimum absolute atomic E-state index is 1.01. The summed E-state index contributed by atoms with van der Waals surface area (Å²) in [6, 6.07) is 8.38. The highest BCUT2D eigenvalue weighted by Gasteiger charge is 1.96. The molecule has 0 fully saturated rings. The van der Waals surface area contributed by atoms with Crippen LogP contribution in [0.2, 0.25) is 0 Å². The molecule has 1 N–H and O–H groups in total. The van der Waals surface area contributed by atoms with Crippen molar-refractivity contribution >= 4 is 6.08 Å². The SMILES string of the molecule is C=CCCNCCc1ccccc1C=C. The maximum Gasteiger partial charge on any atom is -0.000801 e. The Hall–Kier alpha value is -1.34. The minimum Gasteiger partial charge on any atom is -0.316 e. The number of hydrogen-bond acceptors (Lipinski definition) is 1. The van der Waals surface area contributed by atoms with Crippen LogP contribution in [-0.4, -0.2) is 13.1 Å². The molecule has 0 heterocycles.